The first-order valence-corrected chi connectivity index (χ1v) is 8.78. The van der Waals surface area contributed by atoms with Crippen LogP contribution in [0, 0.1) is 5.92 Å². The van der Waals surface area contributed by atoms with E-state index in [0.29, 0.717) is 18.3 Å². The highest BCUT2D eigenvalue weighted by Gasteiger charge is 2.22. The van der Waals surface area contributed by atoms with Gasteiger partial charge in [0, 0.05) is 36.5 Å². The lowest BCUT2D eigenvalue weighted by atomic mass is 10.00. The number of carbonyl (C=O) groups is 1. The number of carbonyl (C=O) groups excluding carboxylic acids is 1. The van der Waals surface area contributed by atoms with Crippen molar-refractivity contribution in [1.29, 1.82) is 0 Å². The second kappa shape index (κ2) is 6.29. The summed E-state index contributed by atoms with van der Waals surface area (Å²) in [7, 11) is 0. The summed E-state index contributed by atoms with van der Waals surface area (Å²) in [5.41, 5.74) is 3.19. The Kier molecular flexibility index (Phi) is 4.01. The molecule has 23 heavy (non-hydrogen) atoms. The molecule has 1 saturated heterocycles. The summed E-state index contributed by atoms with van der Waals surface area (Å²) < 4.78 is 10.8. The van der Waals surface area contributed by atoms with Crippen LogP contribution in [0.5, 0.6) is 5.75 Å². The quantitative estimate of drug-likeness (QED) is 0.939. The molecule has 2 aromatic rings. The van der Waals surface area contributed by atoms with Gasteiger partial charge >= 0.3 is 0 Å². The van der Waals surface area contributed by atoms with Crippen LogP contribution in [0.1, 0.15) is 18.4 Å². The maximum atomic E-state index is 12.3. The van der Waals surface area contributed by atoms with Gasteiger partial charge in [0.15, 0.2) is 5.13 Å². The van der Waals surface area contributed by atoms with E-state index in [9.17, 15) is 4.79 Å². The van der Waals surface area contributed by atoms with Crippen LogP contribution in [0.15, 0.2) is 23.6 Å². The predicted molar refractivity (Wildman–Crippen MR) is 88.9 cm³/mol. The van der Waals surface area contributed by atoms with Crippen LogP contribution in [-0.2, 0) is 16.0 Å². The zero-order valence-electron chi connectivity index (χ0n) is 12.7. The first-order valence-electron chi connectivity index (χ1n) is 7.90. The fourth-order valence-corrected chi connectivity index (χ4v) is 3.70. The minimum absolute atomic E-state index is 0.0354. The number of amides is 1. The molecular formula is C17H18N2O3S. The van der Waals surface area contributed by atoms with E-state index in [0.717, 1.165) is 42.9 Å². The smallest absolute Gasteiger partial charge is 0.229 e. The average Bonchev–Trinajstić information content (AvgIpc) is 3.23. The van der Waals surface area contributed by atoms with Crippen molar-refractivity contribution in [3.05, 3.63) is 29.1 Å². The molecule has 0 radical (unpaired) electrons. The molecule has 6 heteroatoms. The lowest BCUT2D eigenvalue weighted by Gasteiger charge is -2.20. The second-order valence-corrected chi connectivity index (χ2v) is 6.69. The molecule has 1 amide bonds. The van der Waals surface area contributed by atoms with Crippen LogP contribution in [0.25, 0.3) is 11.3 Å². The largest absolute Gasteiger partial charge is 0.493 e. The van der Waals surface area contributed by atoms with Gasteiger partial charge in [-0.15, -0.1) is 11.3 Å². The molecule has 0 atom stereocenters. The van der Waals surface area contributed by atoms with Crippen molar-refractivity contribution in [1.82, 2.24) is 4.98 Å². The Labute approximate surface area is 138 Å². The van der Waals surface area contributed by atoms with E-state index in [-0.39, 0.29) is 11.8 Å². The van der Waals surface area contributed by atoms with Crippen molar-refractivity contribution in [2.24, 2.45) is 5.92 Å². The SMILES string of the molecule is O=C(Nc1nc(-c2ccc3c(c2)CCO3)cs1)C1CCOCC1. The highest BCUT2D eigenvalue weighted by molar-refractivity contribution is 7.14. The molecule has 1 aromatic carbocycles. The molecule has 1 fully saturated rings. The molecule has 0 aliphatic carbocycles. The maximum absolute atomic E-state index is 12.3. The van der Waals surface area contributed by atoms with E-state index in [4.69, 9.17) is 9.47 Å². The summed E-state index contributed by atoms with van der Waals surface area (Å²) in [6.45, 7) is 2.08. The Morgan fingerprint density at radius 1 is 1.26 bits per heavy atom. The monoisotopic (exact) mass is 330 g/mol. The number of hydrogen-bond donors (Lipinski definition) is 1. The molecule has 2 aliphatic heterocycles. The fraction of sp³-hybridized carbons (Fsp3) is 0.412. The summed E-state index contributed by atoms with van der Waals surface area (Å²) in [6.07, 6.45) is 2.52. The van der Waals surface area contributed by atoms with Gasteiger partial charge in [-0.3, -0.25) is 4.79 Å². The van der Waals surface area contributed by atoms with Crippen LogP contribution < -0.4 is 10.1 Å². The van der Waals surface area contributed by atoms with Crippen LogP contribution >= 0.6 is 11.3 Å². The van der Waals surface area contributed by atoms with Crippen molar-refractivity contribution in [2.75, 3.05) is 25.1 Å². The molecule has 0 saturated carbocycles. The molecule has 120 valence electrons. The molecule has 1 aromatic heterocycles. The van der Waals surface area contributed by atoms with E-state index in [1.807, 2.05) is 17.5 Å². The first kappa shape index (κ1) is 14.7. The Morgan fingerprint density at radius 3 is 3.00 bits per heavy atom. The summed E-state index contributed by atoms with van der Waals surface area (Å²) >= 11 is 1.46. The Hall–Kier alpha value is -1.92. The molecule has 2 aliphatic rings. The fourth-order valence-electron chi connectivity index (χ4n) is 2.98. The van der Waals surface area contributed by atoms with Gasteiger partial charge in [-0.2, -0.15) is 0 Å². The number of benzene rings is 1. The number of nitrogens with one attached hydrogen (secondary N) is 1. The van der Waals surface area contributed by atoms with Gasteiger partial charge in [0.05, 0.1) is 12.3 Å². The Morgan fingerprint density at radius 2 is 2.13 bits per heavy atom. The van der Waals surface area contributed by atoms with Gasteiger partial charge < -0.3 is 14.8 Å². The third-order valence-corrected chi connectivity index (χ3v) is 5.07. The van der Waals surface area contributed by atoms with Gasteiger partial charge in [-0.05, 0) is 36.6 Å². The average molecular weight is 330 g/mol. The van der Waals surface area contributed by atoms with Crippen molar-refractivity contribution in [3.63, 3.8) is 0 Å². The first-order chi connectivity index (χ1) is 11.3. The normalized spacial score (nSPS) is 17.6. The number of anilines is 1. The molecule has 0 unspecified atom stereocenters. The summed E-state index contributed by atoms with van der Waals surface area (Å²) in [5.74, 6) is 1.06. The van der Waals surface area contributed by atoms with Gasteiger partial charge in [0.2, 0.25) is 5.91 Å². The number of hydrogen-bond acceptors (Lipinski definition) is 5. The summed E-state index contributed by atoms with van der Waals surface area (Å²) in [5, 5.41) is 5.59. The van der Waals surface area contributed by atoms with Crippen LogP contribution in [0.3, 0.4) is 0 Å². The molecule has 1 N–H and O–H groups in total. The van der Waals surface area contributed by atoms with Crippen molar-refractivity contribution >= 4 is 22.4 Å². The maximum Gasteiger partial charge on any atom is 0.229 e. The Bertz CT molecular complexity index is 722. The number of ether oxygens (including phenoxy) is 2. The third kappa shape index (κ3) is 3.09. The predicted octanol–water partition coefficient (Wildman–Crippen LogP) is 3.11. The van der Waals surface area contributed by atoms with Gasteiger partial charge in [0.1, 0.15) is 5.75 Å². The number of aromatic nitrogens is 1. The van der Waals surface area contributed by atoms with Gasteiger partial charge in [-0.1, -0.05) is 0 Å². The van der Waals surface area contributed by atoms with E-state index >= 15 is 0 Å². The highest BCUT2D eigenvalue weighted by Crippen LogP contribution is 2.32. The van der Waals surface area contributed by atoms with Gasteiger partial charge in [-0.25, -0.2) is 4.98 Å². The van der Waals surface area contributed by atoms with Crippen molar-refractivity contribution in [3.8, 4) is 17.0 Å². The molecule has 0 bridgehead atoms. The molecule has 0 spiro atoms. The molecule has 3 heterocycles. The topological polar surface area (TPSA) is 60.5 Å². The number of thiazole rings is 1. The number of fused-ring (bicyclic) bond motifs is 1. The minimum atomic E-state index is 0.0354. The van der Waals surface area contributed by atoms with E-state index in [1.165, 1.54) is 16.9 Å². The molecular weight excluding hydrogens is 312 g/mol. The van der Waals surface area contributed by atoms with Crippen LogP contribution in [0.4, 0.5) is 5.13 Å². The van der Waals surface area contributed by atoms with Crippen LogP contribution in [0.2, 0.25) is 0 Å². The van der Waals surface area contributed by atoms with E-state index < -0.39 is 0 Å². The second-order valence-electron chi connectivity index (χ2n) is 5.83. The van der Waals surface area contributed by atoms with Crippen LogP contribution in [-0.4, -0.2) is 30.7 Å². The molecule has 4 rings (SSSR count). The van der Waals surface area contributed by atoms with Gasteiger partial charge in [0.25, 0.3) is 0 Å². The zero-order chi connectivity index (χ0) is 15.6. The minimum Gasteiger partial charge on any atom is -0.493 e. The highest BCUT2D eigenvalue weighted by atomic mass is 32.1. The van der Waals surface area contributed by atoms with E-state index in [1.54, 1.807) is 0 Å². The number of rotatable bonds is 3. The zero-order valence-corrected chi connectivity index (χ0v) is 13.5. The summed E-state index contributed by atoms with van der Waals surface area (Å²) in [6, 6.07) is 6.14. The lowest BCUT2D eigenvalue weighted by molar-refractivity contribution is -0.122. The van der Waals surface area contributed by atoms with Crippen molar-refractivity contribution < 1.29 is 14.3 Å². The van der Waals surface area contributed by atoms with E-state index in [2.05, 4.69) is 16.4 Å². The number of nitrogens with zero attached hydrogens (tertiary/aromatic N) is 1. The summed E-state index contributed by atoms with van der Waals surface area (Å²) in [4.78, 5) is 16.8. The standard InChI is InChI=1S/C17H18N2O3S/c20-16(11-3-6-21-7-4-11)19-17-18-14(10-23-17)12-1-2-15-13(9-12)5-8-22-15/h1-2,9-11H,3-8H2,(H,18,19,20). The third-order valence-electron chi connectivity index (χ3n) is 4.31. The lowest BCUT2D eigenvalue weighted by Crippen LogP contribution is -2.28. The molecule has 5 nitrogen and oxygen atoms in total. The Balaban J connectivity index is 1.47. The van der Waals surface area contributed by atoms with Crippen molar-refractivity contribution in [2.45, 2.75) is 19.3 Å².